The Morgan fingerprint density at radius 1 is 1.07 bits per heavy atom. The Morgan fingerprint density at radius 2 is 1.70 bits per heavy atom. The third kappa shape index (κ3) is 8.79. The van der Waals surface area contributed by atoms with Crippen molar-refractivity contribution in [3.63, 3.8) is 0 Å². The molecule has 0 aliphatic rings. The summed E-state index contributed by atoms with van der Waals surface area (Å²) in [6, 6.07) is 3.71. The molecule has 0 saturated carbocycles. The molecule has 0 spiro atoms. The van der Waals surface area contributed by atoms with E-state index in [2.05, 4.69) is 6.92 Å². The first-order valence-corrected chi connectivity index (χ1v) is 10.2. The van der Waals surface area contributed by atoms with Crippen LogP contribution in [0.5, 0.6) is 5.75 Å². The Labute approximate surface area is 175 Å². The van der Waals surface area contributed by atoms with Crippen molar-refractivity contribution in [1.29, 1.82) is 0 Å². The van der Waals surface area contributed by atoms with E-state index in [9.17, 15) is 28.2 Å². The van der Waals surface area contributed by atoms with Crippen LogP contribution >= 0.6 is 0 Å². The predicted molar refractivity (Wildman–Crippen MR) is 107 cm³/mol. The van der Waals surface area contributed by atoms with Gasteiger partial charge in [-0.25, -0.2) is 4.79 Å². The second-order valence-corrected chi connectivity index (χ2v) is 7.47. The number of carbonyl (C=O) groups is 1. The molecule has 1 aromatic rings. The summed E-state index contributed by atoms with van der Waals surface area (Å²) in [5, 5.41) is 29.8. The second kappa shape index (κ2) is 12.6. The minimum absolute atomic E-state index is 0.0299. The molecule has 0 unspecified atom stereocenters. The van der Waals surface area contributed by atoms with E-state index >= 15 is 0 Å². The van der Waals surface area contributed by atoms with Crippen LogP contribution in [0.2, 0.25) is 0 Å². The molecule has 4 N–H and O–H groups in total. The van der Waals surface area contributed by atoms with E-state index in [1.807, 2.05) is 5.32 Å². The Balaban J connectivity index is 2.78. The van der Waals surface area contributed by atoms with Crippen molar-refractivity contribution < 1.29 is 38.0 Å². The zero-order valence-electron chi connectivity index (χ0n) is 17.3. The summed E-state index contributed by atoms with van der Waals surface area (Å²) in [6.07, 6.45) is -0.0750. The number of unbranched alkanes of at least 4 members (excludes halogenated alkanes) is 5. The number of nitrogens with one attached hydrogen (secondary N) is 1. The molecule has 0 radical (unpaired) electrons. The fraction of sp³-hybridized carbons (Fsp3) is 0.667. The quantitative estimate of drug-likeness (QED) is 0.325. The van der Waals surface area contributed by atoms with Gasteiger partial charge in [0.2, 0.25) is 0 Å². The highest BCUT2D eigenvalue weighted by atomic mass is 19.4. The smallest absolute Gasteiger partial charge is 0.419 e. The average molecular weight is 435 g/mol. The molecule has 0 bridgehead atoms. The molecule has 0 fully saturated rings. The molecule has 30 heavy (non-hydrogen) atoms. The molecule has 0 saturated heterocycles. The second-order valence-electron chi connectivity index (χ2n) is 7.47. The molecule has 0 aliphatic heterocycles. The number of alkyl halides is 3. The number of aryl methyl sites for hydroxylation is 1. The summed E-state index contributed by atoms with van der Waals surface area (Å²) in [5.74, 6) is -0.237. The summed E-state index contributed by atoms with van der Waals surface area (Å²) in [4.78, 5) is 10.9. The van der Waals surface area contributed by atoms with Crippen molar-refractivity contribution in [2.24, 2.45) is 0 Å². The molecule has 0 aromatic heterocycles. The number of carboxylic acid groups (broad SMARTS) is 1. The maximum absolute atomic E-state index is 13.5. The number of hydrogen-bond donors (Lipinski definition) is 4. The summed E-state index contributed by atoms with van der Waals surface area (Å²) in [6.45, 7) is 0.958. The summed E-state index contributed by atoms with van der Waals surface area (Å²) in [5.41, 5.74) is -2.12. The zero-order valence-corrected chi connectivity index (χ0v) is 17.3. The lowest BCUT2D eigenvalue weighted by Gasteiger charge is -2.29. The van der Waals surface area contributed by atoms with E-state index < -0.39 is 36.6 Å². The Hall–Kier alpha value is -2.00. The number of amides is 1. The fourth-order valence-electron chi connectivity index (χ4n) is 3.10. The summed E-state index contributed by atoms with van der Waals surface area (Å²) in [7, 11) is 0. The van der Waals surface area contributed by atoms with Crippen molar-refractivity contribution in [3.05, 3.63) is 29.3 Å². The highest BCUT2D eigenvalue weighted by Gasteiger charge is 2.35. The van der Waals surface area contributed by atoms with Crippen LogP contribution in [0.4, 0.5) is 18.0 Å². The number of ether oxygens (including phenoxy) is 1. The van der Waals surface area contributed by atoms with Crippen molar-refractivity contribution in [3.8, 4) is 5.75 Å². The van der Waals surface area contributed by atoms with E-state index in [1.54, 1.807) is 0 Å². The zero-order chi connectivity index (χ0) is 22.6. The number of hydrogen-bond acceptors (Lipinski definition) is 4. The van der Waals surface area contributed by atoms with Crippen LogP contribution < -0.4 is 10.1 Å². The molecule has 172 valence electrons. The molecular formula is C21H32F3NO5. The summed E-state index contributed by atoms with van der Waals surface area (Å²) >= 11 is 0. The molecule has 0 aliphatic carbocycles. The molecule has 0 heterocycles. The standard InChI is InChI=1S/C21H32F3NO5/c1-2-3-4-5-6-7-12-30-18-9-8-16(13-17(18)21(22,23)24)10-11-20(14-26,15-27)25-19(28)29/h8-9,13,25-27H,2-7,10-12,14-15H2,1H3,(H,28,29). The maximum Gasteiger partial charge on any atom is 0.419 e. The first-order chi connectivity index (χ1) is 14.2. The van der Waals surface area contributed by atoms with Crippen LogP contribution in [-0.4, -0.2) is 46.8 Å². The van der Waals surface area contributed by atoms with E-state index in [1.165, 1.54) is 12.1 Å². The van der Waals surface area contributed by atoms with E-state index in [0.717, 1.165) is 38.2 Å². The molecule has 1 rings (SSSR count). The largest absolute Gasteiger partial charge is 0.493 e. The lowest BCUT2D eigenvalue weighted by atomic mass is 9.92. The van der Waals surface area contributed by atoms with Gasteiger partial charge in [0.25, 0.3) is 0 Å². The molecular weight excluding hydrogens is 403 g/mol. The number of aliphatic hydroxyl groups is 2. The van der Waals surface area contributed by atoms with Crippen LogP contribution in [0.15, 0.2) is 18.2 Å². The van der Waals surface area contributed by atoms with Gasteiger partial charge in [0.1, 0.15) is 5.75 Å². The first kappa shape index (κ1) is 26.0. The highest BCUT2D eigenvalue weighted by Crippen LogP contribution is 2.37. The van der Waals surface area contributed by atoms with Crippen molar-refractivity contribution in [1.82, 2.24) is 5.32 Å². The van der Waals surface area contributed by atoms with Gasteiger partial charge in [0.15, 0.2) is 0 Å². The molecule has 1 amide bonds. The molecule has 9 heteroatoms. The lowest BCUT2D eigenvalue weighted by Crippen LogP contribution is -2.54. The summed E-state index contributed by atoms with van der Waals surface area (Å²) < 4.78 is 45.8. The van der Waals surface area contributed by atoms with Crippen LogP contribution in [0, 0.1) is 0 Å². The van der Waals surface area contributed by atoms with Crippen LogP contribution in [0.1, 0.15) is 63.0 Å². The van der Waals surface area contributed by atoms with Crippen LogP contribution in [0.25, 0.3) is 0 Å². The molecule has 1 aromatic carbocycles. The van der Waals surface area contributed by atoms with E-state index in [-0.39, 0.29) is 25.2 Å². The van der Waals surface area contributed by atoms with Crippen molar-refractivity contribution >= 4 is 6.09 Å². The predicted octanol–water partition coefficient (Wildman–Crippen LogP) is 4.37. The topological polar surface area (TPSA) is 99.0 Å². The maximum atomic E-state index is 13.5. The van der Waals surface area contributed by atoms with Gasteiger partial charge in [-0.2, -0.15) is 13.2 Å². The fourth-order valence-corrected chi connectivity index (χ4v) is 3.10. The van der Waals surface area contributed by atoms with Gasteiger partial charge >= 0.3 is 12.3 Å². The average Bonchev–Trinajstić information content (AvgIpc) is 2.70. The van der Waals surface area contributed by atoms with Gasteiger partial charge in [-0.15, -0.1) is 0 Å². The van der Waals surface area contributed by atoms with E-state index in [0.29, 0.717) is 12.0 Å². The number of aliphatic hydroxyl groups excluding tert-OH is 2. The number of benzene rings is 1. The van der Waals surface area contributed by atoms with Gasteiger partial charge in [-0.05, 0) is 37.0 Å². The molecule has 6 nitrogen and oxygen atoms in total. The van der Waals surface area contributed by atoms with Crippen molar-refractivity contribution in [2.45, 2.75) is 70.0 Å². The first-order valence-electron chi connectivity index (χ1n) is 10.2. The van der Waals surface area contributed by atoms with E-state index in [4.69, 9.17) is 9.84 Å². The third-order valence-corrected chi connectivity index (χ3v) is 4.97. The van der Waals surface area contributed by atoms with Crippen LogP contribution in [-0.2, 0) is 12.6 Å². The van der Waals surface area contributed by atoms with Gasteiger partial charge in [0.05, 0.1) is 30.9 Å². The minimum atomic E-state index is -4.60. The van der Waals surface area contributed by atoms with Gasteiger partial charge < -0.3 is 25.4 Å². The highest BCUT2D eigenvalue weighted by molar-refractivity contribution is 5.65. The number of halogens is 3. The van der Waals surface area contributed by atoms with Gasteiger partial charge in [-0.1, -0.05) is 45.1 Å². The SMILES string of the molecule is CCCCCCCCOc1ccc(CCC(CO)(CO)NC(=O)O)cc1C(F)(F)F. The normalized spacial score (nSPS) is 12.1. The molecule has 0 atom stereocenters. The van der Waals surface area contributed by atoms with Crippen LogP contribution in [0.3, 0.4) is 0 Å². The minimum Gasteiger partial charge on any atom is -0.493 e. The Kier molecular flexibility index (Phi) is 11.0. The third-order valence-electron chi connectivity index (χ3n) is 4.97. The van der Waals surface area contributed by atoms with Gasteiger partial charge in [-0.3, -0.25) is 0 Å². The lowest BCUT2D eigenvalue weighted by molar-refractivity contribution is -0.139. The monoisotopic (exact) mass is 435 g/mol. The Morgan fingerprint density at radius 3 is 2.27 bits per heavy atom. The Bertz CT molecular complexity index is 648. The van der Waals surface area contributed by atoms with Gasteiger partial charge in [0, 0.05) is 0 Å². The van der Waals surface area contributed by atoms with Crippen molar-refractivity contribution in [2.75, 3.05) is 19.8 Å². The number of rotatable bonds is 14.